The van der Waals surface area contributed by atoms with Gasteiger partial charge in [-0.2, -0.15) is 0 Å². The molecule has 0 unspecified atom stereocenters. The summed E-state index contributed by atoms with van der Waals surface area (Å²) in [6.07, 6.45) is 1.75. The highest BCUT2D eigenvalue weighted by molar-refractivity contribution is 6.10. The third kappa shape index (κ3) is 4.13. The minimum Gasteiger partial charge on any atom is -0.289 e. The van der Waals surface area contributed by atoms with Crippen LogP contribution in [0.25, 0.3) is 5.57 Å². The Morgan fingerprint density at radius 1 is 0.560 bits per heavy atom. The molecule has 0 spiro atoms. The molecular formula is C24H22O. The van der Waals surface area contributed by atoms with Crippen molar-refractivity contribution < 1.29 is 4.79 Å². The first-order chi connectivity index (χ1) is 12.0. The third-order valence-electron chi connectivity index (χ3n) is 4.34. The molecule has 0 N–H and O–H groups in total. The summed E-state index contributed by atoms with van der Waals surface area (Å²) in [5.41, 5.74) is 7.32. The quantitative estimate of drug-likeness (QED) is 0.429. The van der Waals surface area contributed by atoms with Gasteiger partial charge in [0.25, 0.3) is 0 Å². The molecule has 0 aliphatic carbocycles. The molecule has 0 radical (unpaired) electrons. The molecule has 0 aromatic heterocycles. The maximum atomic E-state index is 12.8. The summed E-state index contributed by atoms with van der Waals surface area (Å²) < 4.78 is 0. The normalized spacial score (nSPS) is 10.4. The highest BCUT2D eigenvalue weighted by Gasteiger charge is 2.09. The molecule has 0 heterocycles. The maximum Gasteiger partial charge on any atom is 0.186 e. The van der Waals surface area contributed by atoms with Gasteiger partial charge in [0.05, 0.1) is 0 Å². The van der Waals surface area contributed by atoms with Gasteiger partial charge in [0.2, 0.25) is 0 Å². The van der Waals surface area contributed by atoms with Crippen molar-refractivity contribution in [1.29, 1.82) is 0 Å². The van der Waals surface area contributed by atoms with E-state index in [4.69, 9.17) is 0 Å². The van der Waals surface area contributed by atoms with Gasteiger partial charge in [-0.3, -0.25) is 4.79 Å². The van der Waals surface area contributed by atoms with E-state index in [1.54, 1.807) is 6.08 Å². The zero-order valence-corrected chi connectivity index (χ0v) is 14.9. The van der Waals surface area contributed by atoms with E-state index in [1.807, 2.05) is 31.2 Å². The minimum atomic E-state index is 0.0242. The monoisotopic (exact) mass is 326 g/mol. The fraction of sp³-hybridized carbons (Fsp3) is 0.125. The Morgan fingerprint density at radius 2 is 0.880 bits per heavy atom. The molecule has 0 amide bonds. The van der Waals surface area contributed by atoms with Gasteiger partial charge in [-0.25, -0.2) is 0 Å². The number of allylic oxidation sites excluding steroid dienone is 1. The molecule has 3 rings (SSSR count). The smallest absolute Gasteiger partial charge is 0.186 e. The van der Waals surface area contributed by atoms with Crippen molar-refractivity contribution in [2.24, 2.45) is 0 Å². The van der Waals surface area contributed by atoms with E-state index in [2.05, 4.69) is 62.4 Å². The van der Waals surface area contributed by atoms with Crippen LogP contribution >= 0.6 is 0 Å². The molecule has 1 heteroatoms. The van der Waals surface area contributed by atoms with Gasteiger partial charge in [-0.15, -0.1) is 0 Å². The van der Waals surface area contributed by atoms with Crippen molar-refractivity contribution in [3.63, 3.8) is 0 Å². The molecule has 0 fully saturated rings. The summed E-state index contributed by atoms with van der Waals surface area (Å²) in [5, 5.41) is 0. The van der Waals surface area contributed by atoms with Crippen molar-refractivity contribution in [3.05, 3.63) is 112 Å². The topological polar surface area (TPSA) is 17.1 Å². The van der Waals surface area contributed by atoms with Crippen molar-refractivity contribution in [3.8, 4) is 0 Å². The highest BCUT2D eigenvalue weighted by atomic mass is 16.1. The van der Waals surface area contributed by atoms with Gasteiger partial charge < -0.3 is 0 Å². The van der Waals surface area contributed by atoms with Crippen LogP contribution in [0.4, 0.5) is 0 Å². The Labute approximate surface area is 149 Å². The van der Waals surface area contributed by atoms with Crippen LogP contribution < -0.4 is 0 Å². The van der Waals surface area contributed by atoms with Gasteiger partial charge in [0, 0.05) is 5.56 Å². The zero-order valence-electron chi connectivity index (χ0n) is 14.9. The van der Waals surface area contributed by atoms with E-state index in [9.17, 15) is 4.79 Å². The van der Waals surface area contributed by atoms with Crippen LogP contribution in [0.1, 0.15) is 38.2 Å². The first kappa shape index (κ1) is 16.9. The molecule has 3 aromatic carbocycles. The van der Waals surface area contributed by atoms with Gasteiger partial charge in [-0.1, -0.05) is 89.5 Å². The van der Waals surface area contributed by atoms with Crippen LogP contribution in [-0.4, -0.2) is 5.78 Å². The number of ketones is 1. The number of aryl methyl sites for hydroxylation is 3. The van der Waals surface area contributed by atoms with Gasteiger partial charge >= 0.3 is 0 Å². The number of carbonyl (C=O) groups excluding carboxylic acids is 1. The molecule has 1 nitrogen and oxygen atoms in total. The molecule has 0 bridgehead atoms. The predicted molar refractivity (Wildman–Crippen MR) is 105 cm³/mol. The number of hydrogen-bond acceptors (Lipinski definition) is 1. The second kappa shape index (κ2) is 7.31. The van der Waals surface area contributed by atoms with Gasteiger partial charge in [-0.05, 0) is 43.5 Å². The van der Waals surface area contributed by atoms with Crippen LogP contribution in [0.2, 0.25) is 0 Å². The zero-order chi connectivity index (χ0) is 17.8. The predicted octanol–water partition coefficient (Wildman–Crippen LogP) is 5.93. The number of benzene rings is 3. The second-order valence-corrected chi connectivity index (χ2v) is 6.52. The summed E-state index contributed by atoms with van der Waals surface area (Å²) in [6, 6.07) is 24.3. The molecule has 124 valence electrons. The first-order valence-corrected chi connectivity index (χ1v) is 8.50. The van der Waals surface area contributed by atoms with Crippen molar-refractivity contribution in [1.82, 2.24) is 0 Å². The molecule has 25 heavy (non-hydrogen) atoms. The van der Waals surface area contributed by atoms with E-state index in [1.165, 1.54) is 11.1 Å². The lowest BCUT2D eigenvalue weighted by Crippen LogP contribution is -1.98. The lowest BCUT2D eigenvalue weighted by molar-refractivity contribution is 0.104. The van der Waals surface area contributed by atoms with E-state index in [-0.39, 0.29) is 5.78 Å². The Morgan fingerprint density at radius 3 is 1.24 bits per heavy atom. The van der Waals surface area contributed by atoms with Crippen LogP contribution in [-0.2, 0) is 0 Å². The fourth-order valence-corrected chi connectivity index (χ4v) is 2.73. The van der Waals surface area contributed by atoms with Crippen molar-refractivity contribution in [2.75, 3.05) is 0 Å². The molecular weight excluding hydrogens is 304 g/mol. The lowest BCUT2D eigenvalue weighted by Gasteiger charge is -2.10. The van der Waals surface area contributed by atoms with Crippen molar-refractivity contribution >= 4 is 11.4 Å². The summed E-state index contributed by atoms with van der Waals surface area (Å²) in [7, 11) is 0. The van der Waals surface area contributed by atoms with Gasteiger partial charge in [0.1, 0.15) is 0 Å². The average Bonchev–Trinajstić information content (AvgIpc) is 2.62. The average molecular weight is 326 g/mol. The van der Waals surface area contributed by atoms with E-state index in [0.717, 1.165) is 22.3 Å². The number of hydrogen-bond donors (Lipinski definition) is 0. The Kier molecular flexibility index (Phi) is 4.95. The summed E-state index contributed by atoms with van der Waals surface area (Å²) >= 11 is 0. The first-order valence-electron chi connectivity index (χ1n) is 8.50. The van der Waals surface area contributed by atoms with E-state index < -0.39 is 0 Å². The van der Waals surface area contributed by atoms with Crippen LogP contribution in [0.3, 0.4) is 0 Å². The van der Waals surface area contributed by atoms with Crippen LogP contribution in [0.5, 0.6) is 0 Å². The Bertz CT molecular complexity index is 848. The Hall–Kier alpha value is -2.93. The summed E-state index contributed by atoms with van der Waals surface area (Å²) in [5.74, 6) is 0.0242. The standard InChI is InChI=1S/C24H22O/c1-17-4-10-20(11-5-17)23(21-12-6-18(2)7-13-21)16-24(25)22-14-8-19(3)9-15-22/h4-16H,1-3H3. The van der Waals surface area contributed by atoms with Crippen LogP contribution in [0.15, 0.2) is 78.9 Å². The molecule has 0 saturated heterocycles. The number of carbonyl (C=O) groups is 1. The van der Waals surface area contributed by atoms with E-state index >= 15 is 0 Å². The second-order valence-electron chi connectivity index (χ2n) is 6.52. The summed E-state index contributed by atoms with van der Waals surface area (Å²) in [6.45, 7) is 6.15. The molecule has 0 saturated carbocycles. The minimum absolute atomic E-state index is 0.0242. The summed E-state index contributed by atoms with van der Waals surface area (Å²) in [4.78, 5) is 12.8. The van der Waals surface area contributed by atoms with Crippen molar-refractivity contribution in [2.45, 2.75) is 20.8 Å². The third-order valence-corrected chi connectivity index (χ3v) is 4.34. The lowest BCUT2D eigenvalue weighted by atomic mass is 9.94. The maximum absolute atomic E-state index is 12.8. The fourth-order valence-electron chi connectivity index (χ4n) is 2.73. The Balaban J connectivity index is 2.06. The van der Waals surface area contributed by atoms with Crippen LogP contribution in [0, 0.1) is 20.8 Å². The van der Waals surface area contributed by atoms with Gasteiger partial charge in [0.15, 0.2) is 5.78 Å². The largest absolute Gasteiger partial charge is 0.289 e. The molecule has 0 atom stereocenters. The highest BCUT2D eigenvalue weighted by Crippen LogP contribution is 2.25. The number of rotatable bonds is 4. The van der Waals surface area contributed by atoms with E-state index in [0.29, 0.717) is 5.56 Å². The molecule has 0 aliphatic heterocycles. The SMILES string of the molecule is Cc1ccc(C(=O)C=C(c2ccc(C)cc2)c2ccc(C)cc2)cc1. The molecule has 3 aromatic rings. The molecule has 0 aliphatic rings.